The predicted octanol–water partition coefficient (Wildman–Crippen LogP) is 12.4. The lowest BCUT2D eigenvalue weighted by Gasteiger charge is -2.13. The van der Waals surface area contributed by atoms with Gasteiger partial charge in [0, 0.05) is 58.5 Å². The van der Waals surface area contributed by atoms with E-state index in [1.165, 1.54) is 52.8 Å². The van der Waals surface area contributed by atoms with Crippen LogP contribution >= 0.6 is 11.3 Å². The van der Waals surface area contributed by atoms with Crippen LogP contribution in [0.4, 0.5) is 0 Å². The minimum absolute atomic E-state index is 0.653. The minimum Gasteiger partial charge on any atom is -0.308 e. The van der Waals surface area contributed by atoms with Crippen LogP contribution in [0.1, 0.15) is 0 Å². The summed E-state index contributed by atoms with van der Waals surface area (Å²) >= 11 is 1.88. The number of hydrogen-bond acceptors (Lipinski definition) is 3. The molecule has 4 aromatic heterocycles. The number of rotatable bonds is 4. The second-order valence-corrected chi connectivity index (χ2v) is 14.0. The zero-order chi connectivity index (χ0) is 33.5. The van der Waals surface area contributed by atoms with Gasteiger partial charge in [-0.15, -0.1) is 11.3 Å². The van der Waals surface area contributed by atoms with Crippen LogP contribution in [0.5, 0.6) is 0 Å². The molecule has 0 saturated heterocycles. The number of fused-ring (bicyclic) bond motifs is 12. The molecule has 238 valence electrons. The van der Waals surface area contributed by atoms with Crippen LogP contribution in [0.3, 0.4) is 0 Å². The summed E-state index contributed by atoms with van der Waals surface area (Å²) in [6.45, 7) is 0. The minimum atomic E-state index is 0.653. The molecule has 7 aromatic carbocycles. The standard InChI is InChI=1S/C46H28N4S/c1-4-16-29(17-5-1)35-28-36(30-18-6-2-7-19-30)48-46(47-35)50-38-26-14-11-23-33(38)41-44(50)40-32-22-10-13-25-37(32)49(31-20-8-3-9-21-31)43(40)42-34-24-12-15-27-39(34)51-45(41)42/h1-28H. The molecule has 0 unspecified atom stereocenters. The molecule has 4 heterocycles. The van der Waals surface area contributed by atoms with Gasteiger partial charge >= 0.3 is 0 Å². The Bertz CT molecular complexity index is 3060. The molecule has 11 aromatic rings. The van der Waals surface area contributed by atoms with E-state index in [1.54, 1.807) is 0 Å². The van der Waals surface area contributed by atoms with Crippen LogP contribution in [0.15, 0.2) is 170 Å². The number of hydrogen-bond donors (Lipinski definition) is 0. The highest BCUT2D eigenvalue weighted by molar-refractivity contribution is 7.27. The van der Waals surface area contributed by atoms with Crippen molar-refractivity contribution in [2.24, 2.45) is 0 Å². The van der Waals surface area contributed by atoms with Crippen molar-refractivity contribution < 1.29 is 0 Å². The monoisotopic (exact) mass is 668 g/mol. The van der Waals surface area contributed by atoms with Gasteiger partial charge in [-0.25, -0.2) is 9.97 Å². The maximum absolute atomic E-state index is 5.40. The molecule has 0 aliphatic carbocycles. The Morgan fingerprint density at radius 3 is 1.53 bits per heavy atom. The first kappa shape index (κ1) is 28.3. The van der Waals surface area contributed by atoms with E-state index < -0.39 is 0 Å². The van der Waals surface area contributed by atoms with Crippen LogP contribution in [0.25, 0.3) is 97.9 Å². The lowest BCUT2D eigenvalue weighted by molar-refractivity contribution is 0.998. The third-order valence-electron chi connectivity index (χ3n) is 10.1. The molecule has 0 saturated carbocycles. The van der Waals surface area contributed by atoms with E-state index in [-0.39, 0.29) is 0 Å². The van der Waals surface area contributed by atoms with Crippen LogP contribution in [-0.2, 0) is 0 Å². The Morgan fingerprint density at radius 1 is 0.412 bits per heavy atom. The first-order valence-corrected chi connectivity index (χ1v) is 18.0. The summed E-state index contributed by atoms with van der Waals surface area (Å²) in [4.78, 5) is 10.8. The third-order valence-corrected chi connectivity index (χ3v) is 11.3. The van der Waals surface area contributed by atoms with Gasteiger partial charge in [0.15, 0.2) is 0 Å². The molecule has 0 fully saturated rings. The summed E-state index contributed by atoms with van der Waals surface area (Å²) < 4.78 is 7.34. The maximum Gasteiger partial charge on any atom is 0.235 e. The third kappa shape index (κ3) is 4.13. The first-order valence-electron chi connectivity index (χ1n) is 17.2. The number of para-hydroxylation sites is 3. The molecule has 11 rings (SSSR count). The Kier molecular flexibility index (Phi) is 6.09. The van der Waals surface area contributed by atoms with Crippen molar-refractivity contribution in [1.29, 1.82) is 0 Å². The highest BCUT2D eigenvalue weighted by Crippen LogP contribution is 2.51. The molecular weight excluding hydrogens is 641 g/mol. The normalized spacial score (nSPS) is 11.9. The summed E-state index contributed by atoms with van der Waals surface area (Å²) in [7, 11) is 0. The van der Waals surface area contributed by atoms with Gasteiger partial charge < -0.3 is 4.57 Å². The quantitative estimate of drug-likeness (QED) is 0.187. The second kappa shape index (κ2) is 11.0. The Balaban J connectivity index is 1.41. The zero-order valence-electron chi connectivity index (χ0n) is 27.4. The molecular formula is C46H28N4S. The Hall–Kier alpha value is -6.56. The number of thiophene rings is 1. The van der Waals surface area contributed by atoms with Crippen LogP contribution in [0, 0.1) is 0 Å². The summed E-state index contributed by atoms with van der Waals surface area (Å²) in [5.41, 5.74) is 9.59. The van der Waals surface area contributed by atoms with Gasteiger partial charge in [-0.05, 0) is 36.4 Å². The summed E-state index contributed by atoms with van der Waals surface area (Å²) in [5, 5.41) is 7.38. The molecule has 0 bridgehead atoms. The molecule has 5 heteroatoms. The largest absolute Gasteiger partial charge is 0.308 e. The summed E-state index contributed by atoms with van der Waals surface area (Å²) in [6.07, 6.45) is 0. The second-order valence-electron chi connectivity index (χ2n) is 13.0. The van der Waals surface area contributed by atoms with Crippen LogP contribution < -0.4 is 0 Å². The molecule has 0 aliphatic heterocycles. The molecule has 0 radical (unpaired) electrons. The predicted molar refractivity (Wildman–Crippen MR) is 214 cm³/mol. The zero-order valence-corrected chi connectivity index (χ0v) is 28.2. The fourth-order valence-electron chi connectivity index (χ4n) is 7.98. The summed E-state index contributed by atoms with van der Waals surface area (Å²) in [6, 6.07) is 60.2. The van der Waals surface area contributed by atoms with Crippen molar-refractivity contribution in [2.45, 2.75) is 0 Å². The van der Waals surface area contributed by atoms with Crippen molar-refractivity contribution in [1.82, 2.24) is 19.1 Å². The van der Waals surface area contributed by atoms with Gasteiger partial charge in [0.25, 0.3) is 0 Å². The Labute approximate surface area is 297 Å². The van der Waals surface area contributed by atoms with Crippen molar-refractivity contribution in [2.75, 3.05) is 0 Å². The van der Waals surface area contributed by atoms with Crippen LogP contribution in [0.2, 0.25) is 0 Å². The lowest BCUT2D eigenvalue weighted by Crippen LogP contribution is -2.04. The van der Waals surface area contributed by atoms with E-state index in [1.807, 2.05) is 23.5 Å². The van der Waals surface area contributed by atoms with E-state index in [4.69, 9.17) is 9.97 Å². The molecule has 0 N–H and O–H groups in total. The molecule has 0 spiro atoms. The lowest BCUT2D eigenvalue weighted by atomic mass is 10.0. The number of benzene rings is 7. The molecule has 0 atom stereocenters. The van der Waals surface area contributed by atoms with E-state index in [2.05, 4.69) is 167 Å². The van der Waals surface area contributed by atoms with Crippen molar-refractivity contribution in [3.05, 3.63) is 170 Å². The van der Waals surface area contributed by atoms with E-state index in [9.17, 15) is 0 Å². The van der Waals surface area contributed by atoms with Gasteiger partial charge in [-0.2, -0.15) is 0 Å². The molecule has 0 amide bonds. The fraction of sp³-hybridized carbons (Fsp3) is 0. The van der Waals surface area contributed by atoms with E-state index >= 15 is 0 Å². The van der Waals surface area contributed by atoms with Gasteiger partial charge in [0.05, 0.1) is 33.5 Å². The average molecular weight is 669 g/mol. The van der Waals surface area contributed by atoms with Gasteiger partial charge in [-0.1, -0.05) is 133 Å². The van der Waals surface area contributed by atoms with Gasteiger partial charge in [0.1, 0.15) is 0 Å². The maximum atomic E-state index is 5.40. The van der Waals surface area contributed by atoms with E-state index in [0.29, 0.717) is 5.95 Å². The van der Waals surface area contributed by atoms with Crippen molar-refractivity contribution >= 4 is 75.1 Å². The number of nitrogens with zero attached hydrogens (tertiary/aromatic N) is 4. The average Bonchev–Trinajstić information content (AvgIpc) is 3.87. The van der Waals surface area contributed by atoms with Crippen molar-refractivity contribution in [3.8, 4) is 34.2 Å². The smallest absolute Gasteiger partial charge is 0.235 e. The fourth-order valence-corrected chi connectivity index (χ4v) is 9.24. The van der Waals surface area contributed by atoms with Gasteiger partial charge in [0.2, 0.25) is 5.95 Å². The van der Waals surface area contributed by atoms with Crippen molar-refractivity contribution in [3.63, 3.8) is 0 Å². The van der Waals surface area contributed by atoms with E-state index in [0.717, 1.165) is 39.2 Å². The Morgan fingerprint density at radius 2 is 0.882 bits per heavy atom. The molecule has 0 aliphatic rings. The summed E-state index contributed by atoms with van der Waals surface area (Å²) in [5.74, 6) is 0.653. The highest BCUT2D eigenvalue weighted by Gasteiger charge is 2.27. The molecule has 4 nitrogen and oxygen atoms in total. The SMILES string of the molecule is c1ccc(-c2cc(-c3ccccc3)nc(-n3c4ccccc4c4c5sc6ccccc6c5c5c(c6ccccc6n5-c5ccccc5)c43)n2)cc1. The van der Waals surface area contributed by atoms with Gasteiger partial charge in [-0.3, -0.25) is 4.57 Å². The van der Waals surface area contributed by atoms with Crippen LogP contribution in [-0.4, -0.2) is 19.1 Å². The number of aromatic nitrogens is 4. The topological polar surface area (TPSA) is 35.6 Å². The highest BCUT2D eigenvalue weighted by atomic mass is 32.1. The molecule has 51 heavy (non-hydrogen) atoms. The first-order chi connectivity index (χ1) is 25.3.